The van der Waals surface area contributed by atoms with E-state index in [1.165, 1.54) is 0 Å². The van der Waals surface area contributed by atoms with Crippen LogP contribution in [0.15, 0.2) is 22.7 Å². The van der Waals surface area contributed by atoms with Gasteiger partial charge in [0.15, 0.2) is 0 Å². The lowest BCUT2D eigenvalue weighted by Gasteiger charge is -2.22. The topological polar surface area (TPSA) is 50.4 Å². The fourth-order valence-electron chi connectivity index (χ4n) is 2.32. The molecule has 20 heavy (non-hydrogen) atoms. The summed E-state index contributed by atoms with van der Waals surface area (Å²) in [5.41, 5.74) is 1.74. The summed E-state index contributed by atoms with van der Waals surface area (Å²) in [6.45, 7) is 5.14. The summed E-state index contributed by atoms with van der Waals surface area (Å²) in [4.78, 5) is 12.0. The maximum Gasteiger partial charge on any atom is 0.251 e. The van der Waals surface area contributed by atoms with E-state index < -0.39 is 0 Å². The number of carbonyl (C=O) groups is 1. The van der Waals surface area contributed by atoms with Crippen LogP contribution in [0.25, 0.3) is 0 Å². The van der Waals surface area contributed by atoms with Gasteiger partial charge < -0.3 is 15.4 Å². The molecule has 0 bridgehead atoms. The summed E-state index contributed by atoms with van der Waals surface area (Å²) < 4.78 is 6.68. The van der Waals surface area contributed by atoms with E-state index in [9.17, 15) is 4.79 Å². The molecule has 1 aliphatic rings. The fourth-order valence-corrected chi connectivity index (χ4v) is 2.93. The lowest BCUT2D eigenvalue weighted by Crippen LogP contribution is -2.34. The number of benzene rings is 1. The van der Waals surface area contributed by atoms with Crippen LogP contribution in [0.5, 0.6) is 0 Å². The fraction of sp³-hybridized carbons (Fsp3) is 0.533. The normalized spacial score (nSPS) is 16.1. The number of rotatable bonds is 5. The van der Waals surface area contributed by atoms with Crippen LogP contribution in [-0.4, -0.2) is 38.3 Å². The van der Waals surface area contributed by atoms with Gasteiger partial charge >= 0.3 is 0 Å². The molecule has 110 valence electrons. The number of hydrogen-bond donors (Lipinski definition) is 2. The van der Waals surface area contributed by atoms with Crippen LogP contribution < -0.4 is 10.6 Å². The van der Waals surface area contributed by atoms with Gasteiger partial charge in [-0.3, -0.25) is 4.79 Å². The third-order valence-electron chi connectivity index (χ3n) is 3.33. The molecule has 0 aromatic heterocycles. The zero-order valence-corrected chi connectivity index (χ0v) is 13.3. The molecule has 2 N–H and O–H groups in total. The molecule has 1 aromatic carbocycles. The van der Waals surface area contributed by atoms with E-state index in [1.54, 1.807) is 0 Å². The molecule has 0 unspecified atom stereocenters. The summed E-state index contributed by atoms with van der Waals surface area (Å²) in [5.74, 6) is -0.0525. The van der Waals surface area contributed by atoms with Crippen LogP contribution in [0.2, 0.25) is 0 Å². The number of piperidine rings is 1. The molecular weight excluding hydrogens is 320 g/mol. The summed E-state index contributed by atoms with van der Waals surface area (Å²) >= 11 is 3.40. The Morgan fingerprint density at radius 2 is 2.15 bits per heavy atom. The predicted octanol–water partition coefficient (Wildman–Crippen LogP) is 2.26. The van der Waals surface area contributed by atoms with Crippen LogP contribution in [0.1, 0.15) is 28.8 Å². The SMILES string of the molecule is Cc1cc(Br)cc(C(=O)NCCOC2CCNCC2)c1. The molecule has 0 spiro atoms. The lowest BCUT2D eigenvalue weighted by molar-refractivity contribution is 0.0343. The number of hydrogen-bond acceptors (Lipinski definition) is 3. The van der Waals surface area contributed by atoms with Gasteiger partial charge in [-0.25, -0.2) is 0 Å². The first-order chi connectivity index (χ1) is 9.65. The second-order valence-corrected chi connectivity index (χ2v) is 6.01. The van der Waals surface area contributed by atoms with Crippen molar-refractivity contribution in [1.82, 2.24) is 10.6 Å². The molecule has 1 heterocycles. The minimum Gasteiger partial charge on any atom is -0.376 e. The van der Waals surface area contributed by atoms with Gasteiger partial charge in [0.2, 0.25) is 0 Å². The van der Waals surface area contributed by atoms with E-state index in [0.717, 1.165) is 36.0 Å². The Kier molecular flexibility index (Phi) is 6.01. The van der Waals surface area contributed by atoms with Crippen molar-refractivity contribution in [3.8, 4) is 0 Å². The third-order valence-corrected chi connectivity index (χ3v) is 3.79. The van der Waals surface area contributed by atoms with Gasteiger partial charge in [-0.15, -0.1) is 0 Å². The Balaban J connectivity index is 1.71. The number of amides is 1. The minimum atomic E-state index is -0.0525. The van der Waals surface area contributed by atoms with Crippen molar-refractivity contribution < 1.29 is 9.53 Å². The molecule has 4 nitrogen and oxygen atoms in total. The number of aryl methyl sites for hydroxylation is 1. The molecule has 1 aliphatic heterocycles. The van der Waals surface area contributed by atoms with Crippen molar-refractivity contribution in [3.63, 3.8) is 0 Å². The highest BCUT2D eigenvalue weighted by molar-refractivity contribution is 9.10. The summed E-state index contributed by atoms with van der Waals surface area (Å²) in [7, 11) is 0. The van der Waals surface area contributed by atoms with Gasteiger partial charge in [0, 0.05) is 16.6 Å². The molecule has 1 aromatic rings. The smallest absolute Gasteiger partial charge is 0.251 e. The minimum absolute atomic E-state index is 0.0525. The standard InChI is InChI=1S/C15H21BrN2O2/c1-11-8-12(10-13(16)9-11)15(19)18-6-7-20-14-2-4-17-5-3-14/h8-10,14,17H,2-7H2,1H3,(H,18,19). The van der Waals surface area contributed by atoms with Gasteiger partial charge in [-0.2, -0.15) is 0 Å². The van der Waals surface area contributed by atoms with E-state index in [2.05, 4.69) is 26.6 Å². The van der Waals surface area contributed by atoms with Crippen LogP contribution in [-0.2, 0) is 4.74 Å². The largest absolute Gasteiger partial charge is 0.376 e. The van der Waals surface area contributed by atoms with E-state index >= 15 is 0 Å². The third kappa shape index (κ3) is 4.89. The molecular formula is C15H21BrN2O2. The first-order valence-electron chi connectivity index (χ1n) is 7.03. The predicted molar refractivity (Wildman–Crippen MR) is 83.1 cm³/mol. The zero-order valence-electron chi connectivity index (χ0n) is 11.7. The zero-order chi connectivity index (χ0) is 14.4. The number of carbonyl (C=O) groups excluding carboxylic acids is 1. The van der Waals surface area contributed by atoms with Gasteiger partial charge in [0.25, 0.3) is 5.91 Å². The molecule has 0 aliphatic carbocycles. The Morgan fingerprint density at radius 3 is 2.85 bits per heavy atom. The van der Waals surface area contributed by atoms with E-state index in [-0.39, 0.29) is 5.91 Å². The van der Waals surface area contributed by atoms with Crippen molar-refractivity contribution in [1.29, 1.82) is 0 Å². The molecule has 1 fully saturated rings. The molecule has 1 saturated heterocycles. The van der Waals surface area contributed by atoms with Gasteiger partial charge in [-0.05, 0) is 56.6 Å². The Morgan fingerprint density at radius 1 is 1.40 bits per heavy atom. The Labute approximate surface area is 128 Å². The number of halogens is 1. The van der Waals surface area contributed by atoms with Crippen LogP contribution in [0.4, 0.5) is 0 Å². The van der Waals surface area contributed by atoms with E-state index in [0.29, 0.717) is 24.8 Å². The lowest BCUT2D eigenvalue weighted by atomic mass is 10.1. The second-order valence-electron chi connectivity index (χ2n) is 5.09. The summed E-state index contributed by atoms with van der Waals surface area (Å²) in [6, 6.07) is 5.70. The highest BCUT2D eigenvalue weighted by Crippen LogP contribution is 2.15. The highest BCUT2D eigenvalue weighted by Gasteiger charge is 2.13. The quantitative estimate of drug-likeness (QED) is 0.808. The molecule has 0 atom stereocenters. The van der Waals surface area contributed by atoms with Crippen molar-refractivity contribution in [2.24, 2.45) is 0 Å². The Bertz CT molecular complexity index is 439. The van der Waals surface area contributed by atoms with E-state index in [4.69, 9.17) is 4.74 Å². The monoisotopic (exact) mass is 340 g/mol. The van der Waals surface area contributed by atoms with Crippen molar-refractivity contribution in [2.45, 2.75) is 25.9 Å². The molecule has 5 heteroatoms. The van der Waals surface area contributed by atoms with Gasteiger partial charge in [-0.1, -0.05) is 15.9 Å². The van der Waals surface area contributed by atoms with Crippen LogP contribution in [0.3, 0.4) is 0 Å². The van der Waals surface area contributed by atoms with Crippen molar-refractivity contribution >= 4 is 21.8 Å². The average Bonchev–Trinajstić information content (AvgIpc) is 2.43. The number of ether oxygens (including phenoxy) is 1. The first kappa shape index (κ1) is 15.5. The number of nitrogens with one attached hydrogen (secondary N) is 2. The first-order valence-corrected chi connectivity index (χ1v) is 7.82. The average molecular weight is 341 g/mol. The van der Waals surface area contributed by atoms with E-state index in [1.807, 2.05) is 25.1 Å². The molecule has 1 amide bonds. The Hall–Kier alpha value is -0.910. The molecule has 2 rings (SSSR count). The summed E-state index contributed by atoms with van der Waals surface area (Å²) in [5, 5.41) is 6.19. The van der Waals surface area contributed by atoms with Crippen LogP contribution >= 0.6 is 15.9 Å². The summed E-state index contributed by atoms with van der Waals surface area (Å²) in [6.07, 6.45) is 2.44. The second kappa shape index (κ2) is 7.76. The van der Waals surface area contributed by atoms with Crippen LogP contribution in [0, 0.1) is 6.92 Å². The van der Waals surface area contributed by atoms with Crippen molar-refractivity contribution in [3.05, 3.63) is 33.8 Å². The van der Waals surface area contributed by atoms with Gasteiger partial charge in [0.1, 0.15) is 0 Å². The molecule has 0 saturated carbocycles. The molecule has 0 radical (unpaired) electrons. The van der Waals surface area contributed by atoms with Crippen molar-refractivity contribution in [2.75, 3.05) is 26.2 Å². The maximum absolute atomic E-state index is 12.0. The maximum atomic E-state index is 12.0. The highest BCUT2D eigenvalue weighted by atomic mass is 79.9. The van der Waals surface area contributed by atoms with Gasteiger partial charge in [0.05, 0.1) is 12.7 Å².